The van der Waals surface area contributed by atoms with Gasteiger partial charge in [-0.05, 0) is 53.6 Å². The van der Waals surface area contributed by atoms with Gasteiger partial charge in [-0.25, -0.2) is 4.98 Å². The number of carboxylic acids is 1. The van der Waals surface area contributed by atoms with Gasteiger partial charge in [-0.3, -0.25) is 4.79 Å². The van der Waals surface area contributed by atoms with Crippen molar-refractivity contribution in [2.45, 2.75) is 36.8 Å². The SMILES string of the molecule is CC(N)(CCCCSc1ncccc1Br)C(=O)O. The number of nitrogens with zero attached hydrogens (tertiary/aromatic N) is 1. The maximum Gasteiger partial charge on any atom is 0.323 e. The molecule has 0 aliphatic heterocycles. The lowest BCUT2D eigenvalue weighted by atomic mass is 9.97. The minimum absolute atomic E-state index is 0.492. The van der Waals surface area contributed by atoms with E-state index in [0.717, 1.165) is 28.1 Å². The van der Waals surface area contributed by atoms with Gasteiger partial charge in [0.05, 0.1) is 0 Å². The van der Waals surface area contributed by atoms with Crippen LogP contribution in [-0.4, -0.2) is 27.4 Å². The minimum atomic E-state index is -1.11. The first-order chi connectivity index (χ1) is 8.43. The van der Waals surface area contributed by atoms with E-state index in [-0.39, 0.29) is 0 Å². The Bertz CT molecular complexity index is 413. The maximum absolute atomic E-state index is 10.8. The average molecular weight is 333 g/mol. The van der Waals surface area contributed by atoms with E-state index in [1.54, 1.807) is 24.9 Å². The van der Waals surface area contributed by atoms with E-state index in [0.29, 0.717) is 6.42 Å². The monoisotopic (exact) mass is 332 g/mol. The quantitative estimate of drug-likeness (QED) is 0.593. The molecule has 0 spiro atoms. The van der Waals surface area contributed by atoms with Gasteiger partial charge >= 0.3 is 5.97 Å². The number of hydrogen-bond donors (Lipinski definition) is 2. The third-order valence-electron chi connectivity index (χ3n) is 2.54. The first-order valence-electron chi connectivity index (χ1n) is 5.69. The summed E-state index contributed by atoms with van der Waals surface area (Å²) >= 11 is 5.09. The molecule has 1 rings (SSSR count). The summed E-state index contributed by atoms with van der Waals surface area (Å²) in [6.07, 6.45) is 3.98. The Kier molecular flexibility index (Phi) is 6.11. The summed E-state index contributed by atoms with van der Waals surface area (Å²) in [5.74, 6) is -0.0340. The molecule has 1 atom stereocenters. The van der Waals surface area contributed by atoms with E-state index in [1.165, 1.54) is 0 Å². The molecule has 0 radical (unpaired) electrons. The molecule has 0 fully saturated rings. The van der Waals surface area contributed by atoms with Crippen LogP contribution in [0.1, 0.15) is 26.2 Å². The van der Waals surface area contributed by atoms with E-state index in [2.05, 4.69) is 20.9 Å². The highest BCUT2D eigenvalue weighted by Crippen LogP contribution is 2.25. The van der Waals surface area contributed by atoms with Crippen LogP contribution in [-0.2, 0) is 4.79 Å². The van der Waals surface area contributed by atoms with Crippen molar-refractivity contribution in [3.8, 4) is 0 Å². The highest BCUT2D eigenvalue weighted by Gasteiger charge is 2.26. The van der Waals surface area contributed by atoms with Gasteiger partial charge < -0.3 is 10.8 Å². The number of halogens is 1. The van der Waals surface area contributed by atoms with Crippen molar-refractivity contribution < 1.29 is 9.90 Å². The van der Waals surface area contributed by atoms with Crippen molar-refractivity contribution in [2.75, 3.05) is 5.75 Å². The van der Waals surface area contributed by atoms with E-state index < -0.39 is 11.5 Å². The Balaban J connectivity index is 2.24. The van der Waals surface area contributed by atoms with Crippen LogP contribution in [0.2, 0.25) is 0 Å². The first-order valence-corrected chi connectivity index (χ1v) is 7.47. The first kappa shape index (κ1) is 15.5. The molecule has 1 aromatic heterocycles. The Morgan fingerprint density at radius 2 is 2.33 bits per heavy atom. The Morgan fingerprint density at radius 3 is 2.94 bits per heavy atom. The van der Waals surface area contributed by atoms with Crippen molar-refractivity contribution in [3.63, 3.8) is 0 Å². The Morgan fingerprint density at radius 1 is 1.61 bits per heavy atom. The van der Waals surface area contributed by atoms with Crippen molar-refractivity contribution in [3.05, 3.63) is 22.8 Å². The fourth-order valence-corrected chi connectivity index (χ4v) is 2.83. The van der Waals surface area contributed by atoms with Crippen LogP contribution in [0.25, 0.3) is 0 Å². The second-order valence-corrected chi connectivity index (χ2v) is 6.26. The zero-order chi connectivity index (χ0) is 13.6. The summed E-state index contributed by atoms with van der Waals surface area (Å²) in [6, 6.07) is 3.83. The molecule has 4 nitrogen and oxygen atoms in total. The number of carboxylic acid groups (broad SMARTS) is 1. The highest BCUT2D eigenvalue weighted by molar-refractivity contribution is 9.10. The number of pyridine rings is 1. The van der Waals surface area contributed by atoms with Crippen LogP contribution in [0.4, 0.5) is 0 Å². The molecule has 6 heteroatoms. The van der Waals surface area contributed by atoms with E-state index in [4.69, 9.17) is 10.8 Å². The van der Waals surface area contributed by atoms with Crippen LogP contribution in [0.5, 0.6) is 0 Å². The van der Waals surface area contributed by atoms with Crippen LogP contribution in [0.15, 0.2) is 27.8 Å². The molecule has 1 unspecified atom stereocenters. The topological polar surface area (TPSA) is 76.2 Å². The summed E-state index contributed by atoms with van der Waals surface area (Å²) in [6.45, 7) is 1.55. The van der Waals surface area contributed by atoms with Gasteiger partial charge in [0.15, 0.2) is 0 Å². The molecular formula is C12H17BrN2O2S. The average Bonchev–Trinajstić information content (AvgIpc) is 2.30. The van der Waals surface area contributed by atoms with Crippen molar-refractivity contribution >= 4 is 33.7 Å². The molecule has 0 amide bonds. The van der Waals surface area contributed by atoms with Crippen LogP contribution < -0.4 is 5.73 Å². The molecule has 0 bridgehead atoms. The third-order valence-corrected chi connectivity index (χ3v) is 4.54. The molecule has 1 heterocycles. The number of unbranched alkanes of at least 4 members (excludes halogenated alkanes) is 1. The normalized spacial score (nSPS) is 14.2. The smallest absolute Gasteiger partial charge is 0.323 e. The summed E-state index contributed by atoms with van der Waals surface area (Å²) in [4.78, 5) is 15.1. The van der Waals surface area contributed by atoms with Gasteiger partial charge in [-0.2, -0.15) is 0 Å². The summed E-state index contributed by atoms with van der Waals surface area (Å²) in [5.41, 5.74) is 4.54. The van der Waals surface area contributed by atoms with E-state index in [1.807, 2.05) is 12.1 Å². The van der Waals surface area contributed by atoms with Crippen LogP contribution in [0, 0.1) is 0 Å². The largest absolute Gasteiger partial charge is 0.480 e. The molecule has 1 aromatic rings. The molecule has 0 aliphatic carbocycles. The highest BCUT2D eigenvalue weighted by atomic mass is 79.9. The molecule has 100 valence electrons. The lowest BCUT2D eigenvalue weighted by Crippen LogP contribution is -2.44. The standard InChI is InChI=1S/C12H17BrN2O2S/c1-12(14,11(16)17)6-2-3-8-18-10-9(13)5-4-7-15-10/h4-5,7H,2-3,6,8,14H2,1H3,(H,16,17). The number of carbonyl (C=O) groups is 1. The van der Waals surface area contributed by atoms with Gasteiger partial charge in [-0.1, -0.05) is 6.42 Å². The summed E-state index contributed by atoms with van der Waals surface area (Å²) in [5, 5.41) is 9.83. The number of thioether (sulfide) groups is 1. The molecule has 0 aromatic carbocycles. The second-order valence-electron chi connectivity index (χ2n) is 4.32. The lowest BCUT2D eigenvalue weighted by Gasteiger charge is -2.18. The summed E-state index contributed by atoms with van der Waals surface area (Å²) in [7, 11) is 0. The Hall–Kier alpha value is -0.590. The van der Waals surface area contributed by atoms with Crippen molar-refractivity contribution in [1.29, 1.82) is 0 Å². The van der Waals surface area contributed by atoms with Gasteiger partial charge in [0.2, 0.25) is 0 Å². The molecular weight excluding hydrogens is 316 g/mol. The van der Waals surface area contributed by atoms with Gasteiger partial charge in [0.25, 0.3) is 0 Å². The molecule has 18 heavy (non-hydrogen) atoms. The third kappa shape index (κ3) is 4.96. The van der Waals surface area contributed by atoms with Crippen molar-refractivity contribution in [2.24, 2.45) is 5.73 Å². The van der Waals surface area contributed by atoms with Crippen LogP contribution in [0.3, 0.4) is 0 Å². The summed E-state index contributed by atoms with van der Waals surface area (Å²) < 4.78 is 0.990. The zero-order valence-electron chi connectivity index (χ0n) is 10.2. The number of aliphatic carboxylic acids is 1. The predicted molar refractivity (Wildman–Crippen MR) is 76.7 cm³/mol. The zero-order valence-corrected chi connectivity index (χ0v) is 12.6. The van der Waals surface area contributed by atoms with Gasteiger partial charge in [-0.15, -0.1) is 11.8 Å². The fraction of sp³-hybridized carbons (Fsp3) is 0.500. The number of rotatable bonds is 7. The van der Waals surface area contributed by atoms with E-state index >= 15 is 0 Å². The fourth-order valence-electron chi connectivity index (χ4n) is 1.35. The number of hydrogen-bond acceptors (Lipinski definition) is 4. The van der Waals surface area contributed by atoms with Gasteiger partial charge in [0, 0.05) is 10.7 Å². The number of nitrogens with two attached hydrogens (primary N) is 1. The predicted octanol–water partition coefficient (Wildman–Crippen LogP) is 2.91. The molecule has 0 saturated heterocycles. The second kappa shape index (κ2) is 7.11. The maximum atomic E-state index is 10.8. The van der Waals surface area contributed by atoms with Crippen molar-refractivity contribution in [1.82, 2.24) is 4.98 Å². The molecule has 0 saturated carbocycles. The lowest BCUT2D eigenvalue weighted by molar-refractivity contribution is -0.142. The van der Waals surface area contributed by atoms with E-state index in [9.17, 15) is 4.79 Å². The Labute approximate surface area is 119 Å². The molecule has 3 N–H and O–H groups in total. The van der Waals surface area contributed by atoms with Gasteiger partial charge in [0.1, 0.15) is 10.6 Å². The van der Waals surface area contributed by atoms with Crippen LogP contribution >= 0.6 is 27.7 Å². The molecule has 0 aliphatic rings. The number of aromatic nitrogens is 1. The minimum Gasteiger partial charge on any atom is -0.480 e.